The van der Waals surface area contributed by atoms with Crippen LogP contribution in [0.2, 0.25) is 0 Å². The van der Waals surface area contributed by atoms with Gasteiger partial charge in [0.1, 0.15) is 11.8 Å². The van der Waals surface area contributed by atoms with E-state index >= 15 is 0 Å². The minimum Gasteiger partial charge on any atom is -0.497 e. The average molecular weight is 328 g/mol. The Bertz CT molecular complexity index is 629. The van der Waals surface area contributed by atoms with Crippen molar-refractivity contribution in [3.05, 3.63) is 24.3 Å². The molecule has 0 bridgehead atoms. The quantitative estimate of drug-likeness (QED) is 0.881. The lowest BCUT2D eigenvalue weighted by Gasteiger charge is -2.35. The second-order valence-electron chi connectivity index (χ2n) is 5.13. The molecule has 1 aliphatic rings. The molecular weight excluding hydrogens is 308 g/mol. The van der Waals surface area contributed by atoms with Crippen LogP contribution < -0.4 is 9.04 Å². The summed E-state index contributed by atoms with van der Waals surface area (Å²) in [5, 5.41) is 9.25. The Morgan fingerprint density at radius 2 is 1.95 bits per heavy atom. The molecule has 1 heterocycles. The van der Waals surface area contributed by atoms with Gasteiger partial charge in [-0.2, -0.15) is 12.7 Å². The molecule has 0 aliphatic carbocycles. The first-order chi connectivity index (χ1) is 10.4. The minimum atomic E-state index is -3.88. The van der Waals surface area contributed by atoms with Gasteiger partial charge in [0.25, 0.3) is 0 Å². The van der Waals surface area contributed by atoms with E-state index in [0.717, 1.165) is 15.0 Å². The summed E-state index contributed by atoms with van der Waals surface area (Å²) in [5.41, 5.74) is 0.454. The van der Waals surface area contributed by atoms with Crippen LogP contribution in [-0.2, 0) is 15.0 Å². The molecule has 8 heteroatoms. The van der Waals surface area contributed by atoms with Crippen molar-refractivity contribution < 1.29 is 23.1 Å². The summed E-state index contributed by atoms with van der Waals surface area (Å²) in [4.78, 5) is 11.3. The molecule has 0 spiro atoms. The van der Waals surface area contributed by atoms with Crippen LogP contribution >= 0.6 is 0 Å². The number of anilines is 1. The summed E-state index contributed by atoms with van der Waals surface area (Å²) in [6.45, 7) is 0.222. The highest BCUT2D eigenvalue weighted by Crippen LogP contribution is 2.26. The third kappa shape index (κ3) is 3.17. The summed E-state index contributed by atoms with van der Waals surface area (Å²) < 4.78 is 32.6. The van der Waals surface area contributed by atoms with E-state index in [9.17, 15) is 18.3 Å². The van der Waals surface area contributed by atoms with Gasteiger partial charge in [-0.3, -0.25) is 9.10 Å². The maximum absolute atomic E-state index is 12.7. The predicted molar refractivity (Wildman–Crippen MR) is 82.3 cm³/mol. The number of carboxylic acids is 1. The Balaban J connectivity index is 2.28. The SMILES string of the molecule is COc1ccc(N(C)S(=O)(=O)N2CCCC[C@H]2C(=O)O)cc1. The number of ether oxygens (including phenoxy) is 1. The van der Waals surface area contributed by atoms with Gasteiger partial charge in [-0.1, -0.05) is 0 Å². The number of hydrogen-bond donors (Lipinski definition) is 1. The van der Waals surface area contributed by atoms with E-state index in [0.29, 0.717) is 24.3 Å². The van der Waals surface area contributed by atoms with Gasteiger partial charge in [0.15, 0.2) is 0 Å². The molecule has 122 valence electrons. The number of methoxy groups -OCH3 is 1. The van der Waals surface area contributed by atoms with Gasteiger partial charge in [0.05, 0.1) is 12.8 Å². The van der Waals surface area contributed by atoms with Crippen molar-refractivity contribution >= 4 is 21.9 Å². The Hall–Kier alpha value is -1.80. The molecule has 0 amide bonds. The molecule has 1 N–H and O–H groups in total. The van der Waals surface area contributed by atoms with Gasteiger partial charge in [0.2, 0.25) is 0 Å². The molecule has 1 aromatic rings. The predicted octanol–water partition coefficient (Wildman–Crippen LogP) is 1.32. The van der Waals surface area contributed by atoms with Crippen LogP contribution in [0.4, 0.5) is 5.69 Å². The molecule has 2 rings (SSSR count). The second kappa shape index (κ2) is 6.53. The number of carboxylic acid groups (broad SMARTS) is 1. The van der Waals surface area contributed by atoms with Crippen molar-refractivity contribution in [2.24, 2.45) is 0 Å². The highest BCUT2D eigenvalue weighted by atomic mass is 32.2. The zero-order valence-electron chi connectivity index (χ0n) is 12.6. The maximum Gasteiger partial charge on any atom is 0.322 e. The van der Waals surface area contributed by atoms with Crippen LogP contribution in [0.5, 0.6) is 5.75 Å². The van der Waals surface area contributed by atoms with E-state index in [1.165, 1.54) is 14.2 Å². The molecule has 0 saturated carbocycles. The molecular formula is C14H20N2O5S. The fraction of sp³-hybridized carbons (Fsp3) is 0.500. The molecule has 7 nitrogen and oxygen atoms in total. The highest BCUT2D eigenvalue weighted by Gasteiger charge is 2.39. The lowest BCUT2D eigenvalue weighted by molar-refractivity contribution is -0.142. The van der Waals surface area contributed by atoms with Crippen LogP contribution in [0.25, 0.3) is 0 Å². The largest absolute Gasteiger partial charge is 0.497 e. The minimum absolute atomic E-state index is 0.222. The van der Waals surface area contributed by atoms with Crippen LogP contribution in [-0.4, -0.2) is 50.5 Å². The first kappa shape index (κ1) is 16.6. The topological polar surface area (TPSA) is 87.2 Å². The Kier molecular flexibility index (Phi) is 4.92. The van der Waals surface area contributed by atoms with Crippen LogP contribution in [0.15, 0.2) is 24.3 Å². The standard InChI is InChI=1S/C14H20N2O5S/c1-15(11-6-8-12(21-2)9-7-11)22(19,20)16-10-4-3-5-13(16)14(17)18/h6-9,13H,3-5,10H2,1-2H3,(H,17,18)/t13-/m0/s1. The smallest absolute Gasteiger partial charge is 0.322 e. The molecule has 1 aromatic carbocycles. The number of piperidine rings is 1. The summed E-state index contributed by atoms with van der Waals surface area (Å²) in [6, 6.07) is 5.56. The van der Waals surface area contributed by atoms with E-state index < -0.39 is 22.2 Å². The Morgan fingerprint density at radius 3 is 2.50 bits per heavy atom. The number of carbonyl (C=O) groups is 1. The van der Waals surface area contributed by atoms with Crippen molar-refractivity contribution in [2.45, 2.75) is 25.3 Å². The normalized spacial score (nSPS) is 19.6. The van der Waals surface area contributed by atoms with E-state index in [1.54, 1.807) is 24.3 Å². The molecule has 1 aliphatic heterocycles. The highest BCUT2D eigenvalue weighted by molar-refractivity contribution is 7.90. The van der Waals surface area contributed by atoms with Gasteiger partial charge >= 0.3 is 16.2 Å². The average Bonchev–Trinajstić information content (AvgIpc) is 2.54. The van der Waals surface area contributed by atoms with E-state index in [4.69, 9.17) is 4.74 Å². The van der Waals surface area contributed by atoms with E-state index in [2.05, 4.69) is 0 Å². The third-order valence-corrected chi connectivity index (χ3v) is 5.75. The first-order valence-corrected chi connectivity index (χ1v) is 8.40. The lowest BCUT2D eigenvalue weighted by atomic mass is 10.1. The monoisotopic (exact) mass is 328 g/mol. The van der Waals surface area contributed by atoms with Crippen LogP contribution in [0.3, 0.4) is 0 Å². The summed E-state index contributed by atoms with van der Waals surface area (Å²) >= 11 is 0. The fourth-order valence-corrected chi connectivity index (χ4v) is 4.09. The summed E-state index contributed by atoms with van der Waals surface area (Å²) in [5.74, 6) is -0.484. The third-order valence-electron chi connectivity index (χ3n) is 3.82. The number of hydrogen-bond acceptors (Lipinski definition) is 4. The molecule has 1 fully saturated rings. The van der Waals surface area contributed by atoms with Crippen molar-refractivity contribution in [3.63, 3.8) is 0 Å². The first-order valence-electron chi connectivity index (χ1n) is 7.00. The van der Waals surface area contributed by atoms with E-state index in [1.807, 2.05) is 0 Å². The number of rotatable bonds is 5. The van der Waals surface area contributed by atoms with Crippen LogP contribution in [0.1, 0.15) is 19.3 Å². The Labute approximate surface area is 130 Å². The van der Waals surface area contributed by atoms with Crippen molar-refractivity contribution in [1.82, 2.24) is 4.31 Å². The zero-order chi connectivity index (χ0) is 16.3. The van der Waals surface area contributed by atoms with Gasteiger partial charge in [-0.05, 0) is 43.5 Å². The van der Waals surface area contributed by atoms with Gasteiger partial charge in [-0.25, -0.2) is 0 Å². The summed E-state index contributed by atoms with van der Waals surface area (Å²) in [7, 11) is -0.934. The van der Waals surface area contributed by atoms with Gasteiger partial charge in [-0.15, -0.1) is 0 Å². The van der Waals surface area contributed by atoms with Crippen molar-refractivity contribution in [1.29, 1.82) is 0 Å². The number of benzene rings is 1. The lowest BCUT2D eigenvalue weighted by Crippen LogP contribution is -2.52. The Morgan fingerprint density at radius 1 is 1.32 bits per heavy atom. The van der Waals surface area contributed by atoms with Crippen LogP contribution in [0, 0.1) is 0 Å². The molecule has 1 saturated heterocycles. The maximum atomic E-state index is 12.7. The molecule has 22 heavy (non-hydrogen) atoms. The number of aliphatic carboxylic acids is 1. The second-order valence-corrected chi connectivity index (χ2v) is 7.05. The van der Waals surface area contributed by atoms with Gasteiger partial charge in [0, 0.05) is 13.6 Å². The van der Waals surface area contributed by atoms with E-state index in [-0.39, 0.29) is 6.54 Å². The van der Waals surface area contributed by atoms with Crippen molar-refractivity contribution in [3.8, 4) is 5.75 Å². The molecule has 0 aromatic heterocycles. The fourth-order valence-electron chi connectivity index (χ4n) is 2.51. The zero-order valence-corrected chi connectivity index (χ0v) is 13.4. The number of nitrogens with zero attached hydrogens (tertiary/aromatic N) is 2. The van der Waals surface area contributed by atoms with Crippen molar-refractivity contribution in [2.75, 3.05) is 25.0 Å². The molecule has 0 unspecified atom stereocenters. The summed E-state index contributed by atoms with van der Waals surface area (Å²) in [6.07, 6.45) is 1.72. The molecule has 0 radical (unpaired) electrons. The van der Waals surface area contributed by atoms with Gasteiger partial charge < -0.3 is 9.84 Å². The molecule has 1 atom stereocenters.